The monoisotopic (exact) mass is 295 g/mol. The van der Waals surface area contributed by atoms with E-state index in [1.165, 1.54) is 25.7 Å². The number of esters is 1. The van der Waals surface area contributed by atoms with E-state index in [4.69, 9.17) is 16.3 Å². The van der Waals surface area contributed by atoms with Gasteiger partial charge in [0.2, 0.25) is 0 Å². The fourth-order valence-electron chi connectivity index (χ4n) is 2.69. The van der Waals surface area contributed by atoms with Gasteiger partial charge in [-0.2, -0.15) is 0 Å². The van der Waals surface area contributed by atoms with Gasteiger partial charge in [-0.1, -0.05) is 37.3 Å². The molecular weight excluding hydrogens is 274 g/mol. The highest BCUT2D eigenvalue weighted by Gasteiger charge is 2.19. The number of aryl methyl sites for hydroxylation is 1. The first kappa shape index (κ1) is 15.3. The zero-order valence-corrected chi connectivity index (χ0v) is 12.8. The second-order valence-electron chi connectivity index (χ2n) is 5.25. The quantitative estimate of drug-likeness (QED) is 0.761. The fraction of sp³-hybridized carbons (Fsp3) is 0.625. The van der Waals surface area contributed by atoms with Crippen LogP contribution in [0.3, 0.4) is 0 Å². The number of pyridine rings is 1. The Morgan fingerprint density at radius 2 is 1.85 bits per heavy atom. The minimum atomic E-state index is -0.370. The summed E-state index contributed by atoms with van der Waals surface area (Å²) >= 11 is 6.44. The van der Waals surface area contributed by atoms with Crippen LogP contribution in [0.15, 0.2) is 6.20 Å². The summed E-state index contributed by atoms with van der Waals surface area (Å²) in [5.74, 6) is -0.370. The molecule has 0 N–H and O–H groups in total. The minimum absolute atomic E-state index is 0.353. The second-order valence-corrected chi connectivity index (χ2v) is 5.63. The van der Waals surface area contributed by atoms with Crippen LogP contribution in [-0.2, 0) is 17.6 Å². The lowest BCUT2D eigenvalue weighted by molar-refractivity contribution is 0.0526. The fourth-order valence-corrected chi connectivity index (χ4v) is 3.02. The van der Waals surface area contributed by atoms with E-state index in [9.17, 15) is 4.79 Å². The third-order valence-corrected chi connectivity index (χ3v) is 4.22. The molecule has 3 nitrogen and oxygen atoms in total. The number of ether oxygens (including phenoxy) is 1. The van der Waals surface area contributed by atoms with Gasteiger partial charge in [0.25, 0.3) is 0 Å². The molecule has 0 aromatic carbocycles. The van der Waals surface area contributed by atoms with Crippen molar-refractivity contribution in [2.75, 3.05) is 6.61 Å². The van der Waals surface area contributed by atoms with Crippen LogP contribution in [-0.4, -0.2) is 17.6 Å². The van der Waals surface area contributed by atoms with Gasteiger partial charge in [-0.25, -0.2) is 4.79 Å². The average Bonchev–Trinajstić information content (AvgIpc) is 2.45. The van der Waals surface area contributed by atoms with Crippen LogP contribution in [0.4, 0.5) is 0 Å². The molecule has 20 heavy (non-hydrogen) atoms. The molecule has 0 radical (unpaired) electrons. The Balaban J connectivity index is 2.29. The zero-order chi connectivity index (χ0) is 14.4. The normalized spacial score (nSPS) is 16.3. The number of nitrogens with zero attached hydrogens (tertiary/aromatic N) is 1. The van der Waals surface area contributed by atoms with Gasteiger partial charge >= 0.3 is 5.97 Å². The summed E-state index contributed by atoms with van der Waals surface area (Å²) in [6.07, 6.45) is 10.8. The largest absolute Gasteiger partial charge is 0.462 e. The Morgan fingerprint density at radius 3 is 2.55 bits per heavy atom. The Kier molecular flexibility index (Phi) is 5.84. The predicted molar refractivity (Wildman–Crippen MR) is 80.3 cm³/mol. The van der Waals surface area contributed by atoms with E-state index in [0.29, 0.717) is 17.2 Å². The molecule has 1 aromatic rings. The number of carbonyl (C=O) groups excluding carboxylic acids is 1. The average molecular weight is 296 g/mol. The van der Waals surface area contributed by atoms with E-state index in [2.05, 4.69) is 4.98 Å². The van der Waals surface area contributed by atoms with Crippen molar-refractivity contribution in [3.05, 3.63) is 28.0 Å². The molecule has 0 unspecified atom stereocenters. The Morgan fingerprint density at radius 1 is 1.20 bits per heavy atom. The van der Waals surface area contributed by atoms with Gasteiger partial charge in [0.15, 0.2) is 0 Å². The molecule has 0 atom stereocenters. The first-order chi connectivity index (χ1) is 9.74. The molecular formula is C16H22ClNO2. The van der Waals surface area contributed by atoms with Gasteiger partial charge in [0, 0.05) is 11.9 Å². The van der Waals surface area contributed by atoms with Crippen molar-refractivity contribution < 1.29 is 9.53 Å². The smallest absolute Gasteiger partial charge is 0.341 e. The molecule has 0 amide bonds. The molecule has 1 aliphatic rings. The van der Waals surface area contributed by atoms with E-state index in [0.717, 1.165) is 36.9 Å². The Bertz CT molecular complexity index is 474. The molecule has 1 aliphatic carbocycles. The maximum atomic E-state index is 11.9. The summed E-state index contributed by atoms with van der Waals surface area (Å²) in [6, 6.07) is 0. The third kappa shape index (κ3) is 3.72. The lowest BCUT2D eigenvalue weighted by Crippen LogP contribution is -2.10. The molecule has 0 aliphatic heterocycles. The lowest BCUT2D eigenvalue weighted by Gasteiger charge is -2.15. The van der Waals surface area contributed by atoms with Gasteiger partial charge in [-0.3, -0.25) is 4.98 Å². The van der Waals surface area contributed by atoms with Crippen LogP contribution in [0.2, 0.25) is 5.02 Å². The number of hydrogen-bond donors (Lipinski definition) is 0. The van der Waals surface area contributed by atoms with Gasteiger partial charge in [0.05, 0.1) is 17.2 Å². The Labute approximate surface area is 125 Å². The van der Waals surface area contributed by atoms with Crippen LogP contribution in [0, 0.1) is 0 Å². The number of hydrogen-bond acceptors (Lipinski definition) is 3. The van der Waals surface area contributed by atoms with Crippen LogP contribution < -0.4 is 0 Å². The lowest BCUT2D eigenvalue weighted by atomic mass is 9.97. The van der Waals surface area contributed by atoms with Crippen molar-refractivity contribution in [3.8, 4) is 0 Å². The van der Waals surface area contributed by atoms with E-state index < -0.39 is 0 Å². The first-order valence-electron chi connectivity index (χ1n) is 7.57. The second kappa shape index (κ2) is 7.63. The molecule has 110 valence electrons. The number of carbonyl (C=O) groups is 1. The van der Waals surface area contributed by atoms with Crippen molar-refractivity contribution in [2.45, 2.75) is 58.3 Å². The highest BCUT2D eigenvalue weighted by molar-refractivity contribution is 6.34. The predicted octanol–water partition coefficient (Wildman–Crippen LogP) is 4.35. The minimum Gasteiger partial charge on any atom is -0.462 e. The van der Waals surface area contributed by atoms with Crippen LogP contribution in [0.1, 0.15) is 67.1 Å². The standard InChI is InChI=1S/C16H22ClNO2/c1-2-20-16(19)13-11-18-14-10-8-6-4-3-5-7-9-12(14)15(13)17/h11H,2-10H2,1H3. The summed E-state index contributed by atoms with van der Waals surface area (Å²) in [7, 11) is 0. The molecule has 0 saturated carbocycles. The maximum Gasteiger partial charge on any atom is 0.341 e. The summed E-state index contributed by atoms with van der Waals surface area (Å²) in [5, 5.41) is 0.550. The summed E-state index contributed by atoms with van der Waals surface area (Å²) in [4.78, 5) is 16.4. The van der Waals surface area contributed by atoms with Crippen molar-refractivity contribution in [1.29, 1.82) is 0 Å². The zero-order valence-electron chi connectivity index (χ0n) is 12.1. The topological polar surface area (TPSA) is 39.2 Å². The van der Waals surface area contributed by atoms with Gasteiger partial charge in [0.1, 0.15) is 0 Å². The molecule has 1 heterocycles. The summed E-state index contributed by atoms with van der Waals surface area (Å²) in [6.45, 7) is 2.15. The molecule has 0 fully saturated rings. The number of fused-ring (bicyclic) bond motifs is 1. The number of halogens is 1. The SMILES string of the molecule is CCOC(=O)c1cnc2c(c1Cl)CCCCCCCC2. The van der Waals surface area contributed by atoms with Crippen LogP contribution >= 0.6 is 11.6 Å². The van der Waals surface area contributed by atoms with Crippen molar-refractivity contribution in [2.24, 2.45) is 0 Å². The molecule has 0 bridgehead atoms. The molecule has 0 spiro atoms. The molecule has 1 aromatic heterocycles. The molecule has 2 rings (SSSR count). The number of rotatable bonds is 2. The molecule has 0 saturated heterocycles. The van der Waals surface area contributed by atoms with Gasteiger partial charge in [-0.15, -0.1) is 0 Å². The van der Waals surface area contributed by atoms with E-state index in [1.54, 1.807) is 13.1 Å². The van der Waals surface area contributed by atoms with Crippen LogP contribution in [0.5, 0.6) is 0 Å². The molecule has 4 heteroatoms. The van der Waals surface area contributed by atoms with Gasteiger partial charge < -0.3 is 4.74 Å². The van der Waals surface area contributed by atoms with E-state index >= 15 is 0 Å². The van der Waals surface area contributed by atoms with Crippen LogP contribution in [0.25, 0.3) is 0 Å². The van der Waals surface area contributed by atoms with E-state index in [1.807, 2.05) is 0 Å². The van der Waals surface area contributed by atoms with Crippen molar-refractivity contribution in [1.82, 2.24) is 4.98 Å². The highest BCUT2D eigenvalue weighted by atomic mass is 35.5. The number of aromatic nitrogens is 1. The van der Waals surface area contributed by atoms with Crippen molar-refractivity contribution >= 4 is 17.6 Å². The summed E-state index contributed by atoms with van der Waals surface area (Å²) in [5.41, 5.74) is 2.52. The first-order valence-corrected chi connectivity index (χ1v) is 7.95. The highest BCUT2D eigenvalue weighted by Crippen LogP contribution is 2.28. The van der Waals surface area contributed by atoms with Gasteiger partial charge in [-0.05, 0) is 38.2 Å². The van der Waals surface area contributed by atoms with E-state index in [-0.39, 0.29) is 5.97 Å². The summed E-state index contributed by atoms with van der Waals surface area (Å²) < 4.78 is 5.04. The Hall–Kier alpha value is -1.09. The third-order valence-electron chi connectivity index (χ3n) is 3.78. The maximum absolute atomic E-state index is 11.9. The van der Waals surface area contributed by atoms with Crippen molar-refractivity contribution in [3.63, 3.8) is 0 Å².